The first-order chi connectivity index (χ1) is 9.17. The molecule has 1 N–H and O–H groups in total. The minimum absolute atomic E-state index is 0.148. The summed E-state index contributed by atoms with van der Waals surface area (Å²) in [6.07, 6.45) is 2.24. The molecule has 1 heterocycles. The summed E-state index contributed by atoms with van der Waals surface area (Å²) in [5, 5.41) is 3.52. The molecular weight excluding hydrogens is 258 g/mol. The third-order valence-electron chi connectivity index (χ3n) is 3.80. The van der Waals surface area contributed by atoms with Crippen molar-refractivity contribution < 1.29 is 0 Å². The highest BCUT2D eigenvalue weighted by molar-refractivity contribution is 6.21. The first-order valence-corrected chi connectivity index (χ1v) is 7.40. The molecule has 1 aromatic heterocycles. The van der Waals surface area contributed by atoms with Gasteiger partial charge in [-0.05, 0) is 18.1 Å². The van der Waals surface area contributed by atoms with E-state index in [-0.39, 0.29) is 5.38 Å². The Morgan fingerprint density at radius 2 is 1.95 bits per heavy atom. The predicted molar refractivity (Wildman–Crippen MR) is 82.9 cm³/mol. The summed E-state index contributed by atoms with van der Waals surface area (Å²) in [7, 11) is 2.03. The normalized spacial score (nSPS) is 13.1. The van der Waals surface area contributed by atoms with Crippen LogP contribution in [0, 0.1) is 5.92 Å². The molecule has 1 atom stereocenters. The van der Waals surface area contributed by atoms with Crippen molar-refractivity contribution in [3.05, 3.63) is 24.3 Å². The van der Waals surface area contributed by atoms with Crippen LogP contribution >= 0.6 is 11.6 Å². The molecule has 4 heteroatoms. The Morgan fingerprint density at radius 1 is 1.26 bits per heavy atom. The summed E-state index contributed by atoms with van der Waals surface area (Å²) >= 11 is 6.45. The average molecular weight is 280 g/mol. The Bertz CT molecular complexity index is 531. The molecule has 0 spiro atoms. The fourth-order valence-electron chi connectivity index (χ4n) is 2.46. The summed E-state index contributed by atoms with van der Waals surface area (Å²) in [4.78, 5) is 4.59. The van der Waals surface area contributed by atoms with Gasteiger partial charge in [-0.3, -0.25) is 0 Å². The number of hydrogen-bond acceptors (Lipinski definition) is 2. The molecule has 1 unspecified atom stereocenters. The molecule has 0 bridgehead atoms. The lowest BCUT2D eigenvalue weighted by Gasteiger charge is -2.19. The SMILES string of the molecule is CCC(CC)C(Cl)CNc1nc2ccccc2n1C. The Labute approximate surface area is 120 Å². The summed E-state index contributed by atoms with van der Waals surface area (Å²) in [5.74, 6) is 1.45. The molecule has 1 aromatic carbocycles. The zero-order valence-corrected chi connectivity index (χ0v) is 12.6. The van der Waals surface area contributed by atoms with Gasteiger partial charge in [-0.1, -0.05) is 38.8 Å². The molecule has 2 rings (SSSR count). The van der Waals surface area contributed by atoms with Gasteiger partial charge in [0.25, 0.3) is 0 Å². The molecule has 104 valence electrons. The monoisotopic (exact) mass is 279 g/mol. The number of alkyl halides is 1. The maximum atomic E-state index is 6.45. The second-order valence-corrected chi connectivity index (χ2v) is 5.52. The van der Waals surface area contributed by atoms with Crippen LogP contribution < -0.4 is 5.32 Å². The first-order valence-electron chi connectivity index (χ1n) is 6.96. The molecule has 0 aliphatic heterocycles. The molecule has 2 aromatic rings. The average Bonchev–Trinajstić information content (AvgIpc) is 2.75. The lowest BCUT2D eigenvalue weighted by atomic mass is 9.99. The van der Waals surface area contributed by atoms with Gasteiger partial charge in [0.15, 0.2) is 0 Å². The van der Waals surface area contributed by atoms with E-state index in [1.165, 1.54) is 0 Å². The number of para-hydroxylation sites is 2. The van der Waals surface area contributed by atoms with Gasteiger partial charge >= 0.3 is 0 Å². The smallest absolute Gasteiger partial charge is 0.203 e. The first kappa shape index (κ1) is 14.2. The lowest BCUT2D eigenvalue weighted by Crippen LogP contribution is -2.23. The third-order valence-corrected chi connectivity index (χ3v) is 4.31. The molecule has 0 fully saturated rings. The number of anilines is 1. The second-order valence-electron chi connectivity index (χ2n) is 4.96. The van der Waals surface area contributed by atoms with E-state index in [9.17, 15) is 0 Å². The maximum Gasteiger partial charge on any atom is 0.203 e. The highest BCUT2D eigenvalue weighted by Crippen LogP contribution is 2.21. The number of fused-ring (bicyclic) bond motifs is 1. The van der Waals surface area contributed by atoms with Crippen LogP contribution in [0.4, 0.5) is 5.95 Å². The largest absolute Gasteiger partial charge is 0.354 e. The Kier molecular flexibility index (Phi) is 4.70. The van der Waals surface area contributed by atoms with Crippen LogP contribution in [0.5, 0.6) is 0 Å². The summed E-state index contributed by atoms with van der Waals surface area (Å²) in [6, 6.07) is 8.14. The van der Waals surface area contributed by atoms with Crippen molar-refractivity contribution in [2.45, 2.75) is 32.1 Å². The van der Waals surface area contributed by atoms with Crippen molar-refractivity contribution in [2.75, 3.05) is 11.9 Å². The van der Waals surface area contributed by atoms with E-state index in [0.29, 0.717) is 5.92 Å². The van der Waals surface area contributed by atoms with Crippen molar-refractivity contribution in [3.8, 4) is 0 Å². The number of nitrogens with zero attached hydrogens (tertiary/aromatic N) is 2. The summed E-state index contributed by atoms with van der Waals surface area (Å²) in [5.41, 5.74) is 2.15. The number of aromatic nitrogens is 2. The number of hydrogen-bond donors (Lipinski definition) is 1. The van der Waals surface area contributed by atoms with E-state index in [4.69, 9.17) is 11.6 Å². The topological polar surface area (TPSA) is 29.9 Å². The number of imidazole rings is 1. The van der Waals surface area contributed by atoms with Crippen LogP contribution in [0.3, 0.4) is 0 Å². The van der Waals surface area contributed by atoms with Crippen LogP contribution in [0.2, 0.25) is 0 Å². The van der Waals surface area contributed by atoms with E-state index in [2.05, 4.69) is 34.8 Å². The van der Waals surface area contributed by atoms with Gasteiger partial charge in [-0.2, -0.15) is 0 Å². The zero-order chi connectivity index (χ0) is 13.8. The van der Waals surface area contributed by atoms with Gasteiger partial charge in [0.1, 0.15) is 0 Å². The minimum Gasteiger partial charge on any atom is -0.354 e. The lowest BCUT2D eigenvalue weighted by molar-refractivity contribution is 0.475. The molecule has 0 saturated heterocycles. The number of nitrogens with one attached hydrogen (secondary N) is 1. The highest BCUT2D eigenvalue weighted by atomic mass is 35.5. The molecule has 0 aliphatic carbocycles. The molecular formula is C15H22ClN3. The van der Waals surface area contributed by atoms with Crippen molar-refractivity contribution in [3.63, 3.8) is 0 Å². The Balaban J connectivity index is 2.07. The fraction of sp³-hybridized carbons (Fsp3) is 0.533. The molecule has 19 heavy (non-hydrogen) atoms. The summed E-state index contributed by atoms with van der Waals surface area (Å²) in [6.45, 7) is 5.14. The number of benzene rings is 1. The van der Waals surface area contributed by atoms with Crippen LogP contribution in [0.25, 0.3) is 11.0 Å². The van der Waals surface area contributed by atoms with Gasteiger partial charge in [-0.25, -0.2) is 4.98 Å². The fourth-order valence-corrected chi connectivity index (χ4v) is 2.89. The summed E-state index contributed by atoms with van der Waals surface area (Å²) < 4.78 is 2.08. The highest BCUT2D eigenvalue weighted by Gasteiger charge is 2.16. The zero-order valence-electron chi connectivity index (χ0n) is 11.9. The minimum atomic E-state index is 0.148. The van der Waals surface area contributed by atoms with Gasteiger partial charge < -0.3 is 9.88 Å². The molecule has 0 amide bonds. The molecule has 0 radical (unpaired) electrons. The van der Waals surface area contributed by atoms with Gasteiger partial charge in [-0.15, -0.1) is 11.6 Å². The van der Waals surface area contributed by atoms with E-state index in [1.54, 1.807) is 0 Å². The standard InChI is InChI=1S/C15H22ClN3/c1-4-11(5-2)12(16)10-17-15-18-13-8-6-7-9-14(13)19(15)3/h6-9,11-12H,4-5,10H2,1-3H3,(H,17,18). The second kappa shape index (κ2) is 6.29. The van der Waals surface area contributed by atoms with Crippen molar-refractivity contribution >= 4 is 28.6 Å². The van der Waals surface area contributed by atoms with Gasteiger partial charge in [0, 0.05) is 13.6 Å². The van der Waals surface area contributed by atoms with E-state index < -0.39 is 0 Å². The molecule has 0 saturated carbocycles. The van der Waals surface area contributed by atoms with Crippen molar-refractivity contribution in [2.24, 2.45) is 13.0 Å². The maximum absolute atomic E-state index is 6.45. The third kappa shape index (κ3) is 3.03. The van der Waals surface area contributed by atoms with E-state index >= 15 is 0 Å². The van der Waals surface area contributed by atoms with Crippen LogP contribution in [-0.4, -0.2) is 21.5 Å². The van der Waals surface area contributed by atoms with Crippen LogP contribution in [-0.2, 0) is 7.05 Å². The van der Waals surface area contributed by atoms with Crippen LogP contribution in [0.15, 0.2) is 24.3 Å². The Hall–Kier alpha value is -1.22. The number of rotatable bonds is 6. The number of halogens is 1. The Morgan fingerprint density at radius 3 is 2.58 bits per heavy atom. The van der Waals surface area contributed by atoms with Gasteiger partial charge in [0.2, 0.25) is 5.95 Å². The van der Waals surface area contributed by atoms with Crippen LogP contribution in [0.1, 0.15) is 26.7 Å². The van der Waals surface area contributed by atoms with Crippen molar-refractivity contribution in [1.82, 2.24) is 9.55 Å². The molecule has 3 nitrogen and oxygen atoms in total. The van der Waals surface area contributed by atoms with E-state index in [1.807, 2.05) is 25.2 Å². The quantitative estimate of drug-likeness (QED) is 0.809. The molecule has 0 aliphatic rings. The predicted octanol–water partition coefficient (Wildman–Crippen LogP) is 4.03. The van der Waals surface area contributed by atoms with Gasteiger partial charge in [0.05, 0.1) is 16.4 Å². The number of aryl methyl sites for hydroxylation is 1. The van der Waals surface area contributed by atoms with E-state index in [0.717, 1.165) is 36.4 Å². The van der Waals surface area contributed by atoms with Crippen molar-refractivity contribution in [1.29, 1.82) is 0 Å².